The summed E-state index contributed by atoms with van der Waals surface area (Å²) >= 11 is 12.6. The van der Waals surface area contributed by atoms with Crippen molar-refractivity contribution in [3.8, 4) is 0 Å². The van der Waals surface area contributed by atoms with Crippen LogP contribution >= 0.6 is 23.2 Å². The lowest BCUT2D eigenvalue weighted by atomic mass is 10.0. The molecule has 0 aliphatic carbocycles. The van der Waals surface area contributed by atoms with Crippen LogP contribution in [0.25, 0.3) is 0 Å². The molecule has 1 N–H and O–H groups in total. The van der Waals surface area contributed by atoms with E-state index in [1.807, 2.05) is 0 Å². The number of nitrogens with one attached hydrogen (secondary N) is 1. The van der Waals surface area contributed by atoms with Gasteiger partial charge in [-0.3, -0.25) is 19.5 Å². The van der Waals surface area contributed by atoms with Crippen LogP contribution in [0.2, 0.25) is 10.0 Å². The molecule has 2 atom stereocenters. The number of allylic oxidation sites excluding steroid dienone is 1. The van der Waals surface area contributed by atoms with E-state index in [9.17, 15) is 14.0 Å². The van der Waals surface area contributed by atoms with Gasteiger partial charge in [0.1, 0.15) is 17.6 Å². The van der Waals surface area contributed by atoms with Crippen LogP contribution in [0.15, 0.2) is 52.2 Å². The van der Waals surface area contributed by atoms with E-state index in [1.165, 1.54) is 12.3 Å². The van der Waals surface area contributed by atoms with Gasteiger partial charge in [-0.25, -0.2) is 4.39 Å². The van der Waals surface area contributed by atoms with Gasteiger partial charge < -0.3 is 14.6 Å². The molecule has 0 radical (unpaired) electrons. The zero-order chi connectivity index (χ0) is 23.1. The second kappa shape index (κ2) is 9.02. The first-order valence-electron chi connectivity index (χ1n) is 10.6. The number of carbonyl (C=O) groups excluding carboxylic acids is 1. The predicted molar refractivity (Wildman–Crippen MR) is 124 cm³/mol. The van der Waals surface area contributed by atoms with Crippen molar-refractivity contribution in [2.45, 2.75) is 12.1 Å². The molecule has 0 bridgehead atoms. The van der Waals surface area contributed by atoms with Crippen molar-refractivity contribution in [3.05, 3.63) is 79.5 Å². The van der Waals surface area contributed by atoms with E-state index in [1.54, 1.807) is 29.2 Å². The van der Waals surface area contributed by atoms with Crippen LogP contribution in [0.4, 0.5) is 4.39 Å². The molecule has 2 aromatic rings. The lowest BCUT2D eigenvalue weighted by Gasteiger charge is -2.46. The van der Waals surface area contributed by atoms with Crippen molar-refractivity contribution < 1.29 is 13.9 Å². The summed E-state index contributed by atoms with van der Waals surface area (Å²) in [6, 6.07) is 6.64. The van der Waals surface area contributed by atoms with Gasteiger partial charge in [-0.2, -0.15) is 0 Å². The van der Waals surface area contributed by atoms with Crippen molar-refractivity contribution in [3.63, 3.8) is 0 Å². The predicted octanol–water partition coefficient (Wildman–Crippen LogP) is 3.24. The lowest BCUT2D eigenvalue weighted by Crippen LogP contribution is -2.59. The van der Waals surface area contributed by atoms with Gasteiger partial charge in [0.15, 0.2) is 0 Å². The number of amides is 1. The van der Waals surface area contributed by atoms with Crippen molar-refractivity contribution in [2.75, 3.05) is 39.3 Å². The molecule has 10 heteroatoms. The van der Waals surface area contributed by atoms with E-state index in [0.29, 0.717) is 54.5 Å². The quantitative estimate of drug-likeness (QED) is 0.716. The topological polar surface area (TPSA) is 78.0 Å². The third-order valence-electron chi connectivity index (χ3n) is 6.26. The number of rotatable bonds is 3. The lowest BCUT2D eigenvalue weighted by molar-refractivity contribution is -0.0862. The maximum Gasteiger partial charge on any atom is 0.255 e. The average Bonchev–Trinajstić information content (AvgIpc) is 3.25. The number of fused-ring (bicyclic) bond motifs is 1. The number of benzene rings is 1. The van der Waals surface area contributed by atoms with Gasteiger partial charge in [0.2, 0.25) is 0 Å². The zero-order valence-electron chi connectivity index (χ0n) is 17.6. The molecule has 2 fully saturated rings. The van der Waals surface area contributed by atoms with E-state index < -0.39 is 5.83 Å². The second-order valence-electron chi connectivity index (χ2n) is 8.23. The number of pyridine rings is 1. The van der Waals surface area contributed by atoms with E-state index >= 15 is 0 Å². The number of H-pyrrole nitrogens is 1. The zero-order valence-corrected chi connectivity index (χ0v) is 19.1. The van der Waals surface area contributed by atoms with Crippen molar-refractivity contribution in [2.24, 2.45) is 4.99 Å². The monoisotopic (exact) mass is 490 g/mol. The molecule has 0 saturated carbocycles. The van der Waals surface area contributed by atoms with Gasteiger partial charge >= 0.3 is 0 Å². The van der Waals surface area contributed by atoms with Crippen molar-refractivity contribution in [1.29, 1.82) is 0 Å². The molecule has 1 amide bonds. The van der Waals surface area contributed by atoms with Gasteiger partial charge in [0.25, 0.3) is 11.5 Å². The number of aromatic nitrogens is 1. The smallest absolute Gasteiger partial charge is 0.255 e. The summed E-state index contributed by atoms with van der Waals surface area (Å²) < 4.78 is 20.0. The first-order valence-corrected chi connectivity index (χ1v) is 11.4. The molecule has 0 unspecified atom stereocenters. The Bertz CT molecular complexity index is 1230. The maximum absolute atomic E-state index is 14.1. The largest absolute Gasteiger partial charge is 0.370 e. The number of aliphatic imine (C=N–C) groups is 1. The molecular weight excluding hydrogens is 470 g/mol. The SMILES string of the molecule is O=C(c1cccc(C2=NCC=C2F)c1Cl)N1CCN2C[C@@H](c3cc(Cl)c[nH]c3=O)OC[C@@H]2C1. The van der Waals surface area contributed by atoms with E-state index in [0.717, 1.165) is 0 Å². The Labute approximate surface area is 199 Å². The number of ether oxygens (including phenoxy) is 1. The fourth-order valence-corrected chi connectivity index (χ4v) is 4.99. The Kier molecular flexibility index (Phi) is 6.09. The summed E-state index contributed by atoms with van der Waals surface area (Å²) in [7, 11) is 0. The minimum absolute atomic E-state index is 0.00115. The number of halogens is 3. The highest BCUT2D eigenvalue weighted by Crippen LogP contribution is 2.30. The highest BCUT2D eigenvalue weighted by atomic mass is 35.5. The van der Waals surface area contributed by atoms with Gasteiger partial charge in [-0.1, -0.05) is 35.3 Å². The molecule has 7 nitrogen and oxygen atoms in total. The van der Waals surface area contributed by atoms with E-state index in [2.05, 4.69) is 14.9 Å². The minimum atomic E-state index is -0.428. The maximum atomic E-state index is 14.1. The third-order valence-corrected chi connectivity index (χ3v) is 6.88. The molecule has 0 spiro atoms. The van der Waals surface area contributed by atoms with Crippen molar-refractivity contribution >= 4 is 34.8 Å². The number of hydrogen-bond acceptors (Lipinski definition) is 5. The molecule has 3 aliphatic rings. The Morgan fingerprint density at radius 1 is 1.24 bits per heavy atom. The fourth-order valence-electron chi connectivity index (χ4n) is 4.52. The summed E-state index contributed by atoms with van der Waals surface area (Å²) in [4.78, 5) is 36.2. The number of hydrogen-bond donors (Lipinski definition) is 1. The number of nitrogens with zero attached hydrogens (tertiary/aromatic N) is 3. The van der Waals surface area contributed by atoms with Crippen molar-refractivity contribution in [1.82, 2.24) is 14.8 Å². The normalized spacial score (nSPS) is 23.2. The molecule has 172 valence electrons. The summed E-state index contributed by atoms with van der Waals surface area (Å²) in [5.41, 5.74) is 1.21. The molecular formula is C23H21Cl2FN4O3. The van der Waals surface area contributed by atoms with Crippen LogP contribution in [0.3, 0.4) is 0 Å². The number of carbonyl (C=O) groups is 1. The fraction of sp³-hybridized carbons (Fsp3) is 0.348. The van der Waals surface area contributed by atoms with Gasteiger partial charge in [-0.05, 0) is 18.2 Å². The van der Waals surface area contributed by atoms with E-state index in [4.69, 9.17) is 27.9 Å². The van der Waals surface area contributed by atoms with Crippen LogP contribution in [0, 0.1) is 0 Å². The first-order chi connectivity index (χ1) is 15.9. The van der Waals surface area contributed by atoms with Gasteiger partial charge in [0, 0.05) is 43.5 Å². The Morgan fingerprint density at radius 3 is 2.88 bits per heavy atom. The molecule has 33 heavy (non-hydrogen) atoms. The number of morpholine rings is 1. The summed E-state index contributed by atoms with van der Waals surface area (Å²) in [6.45, 7) is 2.78. The number of aromatic amines is 1. The van der Waals surface area contributed by atoms with Crippen LogP contribution in [-0.2, 0) is 4.74 Å². The van der Waals surface area contributed by atoms with Crippen LogP contribution in [0.1, 0.15) is 27.6 Å². The molecule has 1 aromatic carbocycles. The molecule has 5 rings (SSSR count). The summed E-state index contributed by atoms with van der Waals surface area (Å²) in [5, 5.41) is 0.651. The average molecular weight is 491 g/mol. The summed E-state index contributed by atoms with van der Waals surface area (Å²) in [6.07, 6.45) is 2.45. The highest BCUT2D eigenvalue weighted by Gasteiger charge is 2.37. The first kappa shape index (κ1) is 22.3. The second-order valence-corrected chi connectivity index (χ2v) is 9.05. The van der Waals surface area contributed by atoms with Gasteiger partial charge in [-0.15, -0.1) is 0 Å². The Balaban J connectivity index is 1.30. The molecule has 3 aliphatic heterocycles. The molecule has 4 heterocycles. The standard InChI is InChI=1S/C23H21Cl2FN4O3/c24-13-8-17(22(31)28-9-13)19-11-29-6-7-30(10-14(29)12-33-19)23(32)16-3-1-2-15(20(16)25)21-18(26)4-5-27-21/h1-4,8-9,14,19H,5-7,10-12H2,(H,28,31)/t14-,19-/m0/s1. The minimum Gasteiger partial charge on any atom is -0.370 e. The highest BCUT2D eigenvalue weighted by molar-refractivity contribution is 6.38. The Morgan fingerprint density at radius 2 is 2.09 bits per heavy atom. The van der Waals surface area contributed by atoms with Gasteiger partial charge in [0.05, 0.1) is 34.8 Å². The third kappa shape index (κ3) is 4.24. The molecule has 2 saturated heterocycles. The van der Waals surface area contributed by atoms with E-state index in [-0.39, 0.29) is 40.9 Å². The van der Waals surface area contributed by atoms with Crippen LogP contribution < -0.4 is 5.56 Å². The van der Waals surface area contributed by atoms with Crippen LogP contribution in [-0.4, -0.2) is 71.8 Å². The number of piperazine rings is 1. The summed E-state index contributed by atoms with van der Waals surface area (Å²) in [5.74, 6) is -0.638. The molecule has 1 aromatic heterocycles. The van der Waals surface area contributed by atoms with Crippen LogP contribution in [0.5, 0.6) is 0 Å². The Hall–Kier alpha value is -2.52.